The van der Waals surface area contributed by atoms with E-state index in [2.05, 4.69) is 46.3 Å². The summed E-state index contributed by atoms with van der Waals surface area (Å²) in [5, 5.41) is 5.72. The lowest BCUT2D eigenvalue weighted by atomic mass is 10.1. The van der Waals surface area contributed by atoms with Gasteiger partial charge in [0, 0.05) is 48.3 Å². The Balaban J connectivity index is 1.51. The van der Waals surface area contributed by atoms with Gasteiger partial charge in [0.2, 0.25) is 0 Å². The molecule has 1 fully saturated rings. The number of nitrogens with one attached hydrogen (secondary N) is 1. The van der Waals surface area contributed by atoms with Gasteiger partial charge in [0.25, 0.3) is 0 Å². The van der Waals surface area contributed by atoms with E-state index in [-0.39, 0.29) is 6.04 Å². The summed E-state index contributed by atoms with van der Waals surface area (Å²) in [5.41, 5.74) is 2.24. The first-order chi connectivity index (χ1) is 12.5. The summed E-state index contributed by atoms with van der Waals surface area (Å²) in [5.74, 6) is 0. The van der Waals surface area contributed by atoms with Crippen LogP contribution in [0.5, 0.6) is 0 Å². The Hall–Kier alpha value is -1.33. The van der Waals surface area contributed by atoms with Gasteiger partial charge >= 0.3 is 0 Å². The van der Waals surface area contributed by atoms with Crippen LogP contribution in [0.1, 0.15) is 24.1 Å². The average molecular weight is 408 g/mol. The number of halogens is 2. The highest BCUT2D eigenvalue weighted by Gasteiger charge is 2.21. The summed E-state index contributed by atoms with van der Waals surface area (Å²) in [6.45, 7) is 6.57. The zero-order valence-electron chi connectivity index (χ0n) is 14.8. The van der Waals surface area contributed by atoms with E-state index < -0.39 is 0 Å². The maximum absolute atomic E-state index is 6.29. The molecule has 0 bridgehead atoms. The maximum Gasteiger partial charge on any atom is 0.169 e. The first-order valence-corrected chi connectivity index (χ1v) is 9.96. The second-order valence-corrected chi connectivity index (χ2v) is 7.75. The van der Waals surface area contributed by atoms with E-state index in [1.165, 1.54) is 5.56 Å². The van der Waals surface area contributed by atoms with Crippen LogP contribution in [0.25, 0.3) is 0 Å². The molecule has 1 aliphatic rings. The summed E-state index contributed by atoms with van der Waals surface area (Å²) < 4.78 is 0. The first kappa shape index (κ1) is 19.4. The summed E-state index contributed by atoms with van der Waals surface area (Å²) >= 11 is 18.2. The largest absolute Gasteiger partial charge is 0.356 e. The molecule has 1 N–H and O–H groups in total. The SMILES string of the molecule is C[C@@H](NC(=S)N1CCN(Cc2c(Cl)cccc2Cl)CC1)c1ccccc1. The van der Waals surface area contributed by atoms with Crippen molar-refractivity contribution >= 4 is 40.5 Å². The van der Waals surface area contributed by atoms with Gasteiger partial charge in [0.1, 0.15) is 0 Å². The fourth-order valence-electron chi connectivity index (χ4n) is 3.12. The van der Waals surface area contributed by atoms with E-state index in [0.717, 1.165) is 53.4 Å². The van der Waals surface area contributed by atoms with Gasteiger partial charge in [-0.25, -0.2) is 0 Å². The summed E-state index contributed by atoms with van der Waals surface area (Å²) in [7, 11) is 0. The third kappa shape index (κ3) is 4.89. The van der Waals surface area contributed by atoms with Crippen molar-refractivity contribution in [1.29, 1.82) is 0 Å². The van der Waals surface area contributed by atoms with Crippen molar-refractivity contribution in [2.45, 2.75) is 19.5 Å². The highest BCUT2D eigenvalue weighted by atomic mass is 35.5. The molecule has 0 saturated carbocycles. The zero-order chi connectivity index (χ0) is 18.5. The van der Waals surface area contributed by atoms with Crippen LogP contribution in [0.15, 0.2) is 48.5 Å². The van der Waals surface area contributed by atoms with Crippen molar-refractivity contribution < 1.29 is 0 Å². The van der Waals surface area contributed by atoms with Gasteiger partial charge in [-0.15, -0.1) is 0 Å². The van der Waals surface area contributed by atoms with Crippen LogP contribution in [-0.2, 0) is 6.54 Å². The predicted octanol–water partition coefficient (Wildman–Crippen LogP) is 4.75. The van der Waals surface area contributed by atoms with Gasteiger partial charge in [-0.05, 0) is 36.8 Å². The molecule has 3 nitrogen and oxygen atoms in total. The lowest BCUT2D eigenvalue weighted by Crippen LogP contribution is -2.51. The van der Waals surface area contributed by atoms with Gasteiger partial charge in [-0.1, -0.05) is 59.6 Å². The Morgan fingerprint density at radius 2 is 1.62 bits per heavy atom. The van der Waals surface area contributed by atoms with Gasteiger partial charge in [0.15, 0.2) is 5.11 Å². The first-order valence-electron chi connectivity index (χ1n) is 8.80. The Bertz CT molecular complexity index is 726. The third-order valence-corrected chi connectivity index (χ3v) is 5.83. The monoisotopic (exact) mass is 407 g/mol. The van der Waals surface area contributed by atoms with Crippen LogP contribution >= 0.6 is 35.4 Å². The lowest BCUT2D eigenvalue weighted by molar-refractivity contribution is 0.174. The maximum atomic E-state index is 6.29. The second-order valence-electron chi connectivity index (χ2n) is 6.55. The fraction of sp³-hybridized carbons (Fsp3) is 0.350. The number of thiocarbonyl (C=S) groups is 1. The standard InChI is InChI=1S/C20H23Cl2N3S/c1-15(16-6-3-2-4-7-16)23-20(26)25-12-10-24(11-13-25)14-17-18(21)8-5-9-19(17)22/h2-9,15H,10-14H2,1H3,(H,23,26)/t15-/m1/s1. The Morgan fingerprint density at radius 1 is 1.00 bits per heavy atom. The quantitative estimate of drug-likeness (QED) is 0.736. The smallest absolute Gasteiger partial charge is 0.169 e. The average Bonchev–Trinajstić information content (AvgIpc) is 2.66. The molecule has 0 unspecified atom stereocenters. The number of hydrogen-bond acceptors (Lipinski definition) is 2. The molecule has 2 aromatic carbocycles. The molecule has 0 radical (unpaired) electrons. The molecular weight excluding hydrogens is 385 g/mol. The molecule has 1 aliphatic heterocycles. The number of rotatable bonds is 4. The normalized spacial score (nSPS) is 16.3. The van der Waals surface area contributed by atoms with E-state index in [0.29, 0.717) is 0 Å². The van der Waals surface area contributed by atoms with Crippen molar-refractivity contribution in [3.63, 3.8) is 0 Å². The van der Waals surface area contributed by atoms with Crippen molar-refractivity contribution in [2.24, 2.45) is 0 Å². The second kappa shape index (κ2) is 9.05. The van der Waals surface area contributed by atoms with E-state index >= 15 is 0 Å². The van der Waals surface area contributed by atoms with Gasteiger partial charge < -0.3 is 10.2 Å². The Kier molecular flexibility index (Phi) is 6.76. The minimum Gasteiger partial charge on any atom is -0.356 e. The molecule has 3 rings (SSSR count). The Labute approximate surface area is 170 Å². The number of nitrogens with zero attached hydrogens (tertiary/aromatic N) is 2. The predicted molar refractivity (Wildman–Crippen MR) is 114 cm³/mol. The molecule has 1 saturated heterocycles. The molecule has 138 valence electrons. The van der Waals surface area contributed by atoms with Gasteiger partial charge in [-0.2, -0.15) is 0 Å². The molecule has 0 amide bonds. The van der Waals surface area contributed by atoms with Crippen LogP contribution in [0.4, 0.5) is 0 Å². The highest BCUT2D eigenvalue weighted by Crippen LogP contribution is 2.26. The van der Waals surface area contributed by atoms with Crippen LogP contribution in [0.3, 0.4) is 0 Å². The molecule has 6 heteroatoms. The van der Waals surface area contributed by atoms with Crippen LogP contribution in [0.2, 0.25) is 10.0 Å². The molecular formula is C20H23Cl2N3S. The number of hydrogen-bond donors (Lipinski definition) is 1. The van der Waals surface area contributed by atoms with Crippen LogP contribution < -0.4 is 5.32 Å². The molecule has 1 heterocycles. The summed E-state index contributed by atoms with van der Waals surface area (Å²) in [6, 6.07) is 16.2. The van der Waals surface area contributed by atoms with E-state index in [1.807, 2.05) is 24.3 Å². The Morgan fingerprint density at radius 3 is 2.23 bits per heavy atom. The topological polar surface area (TPSA) is 18.5 Å². The van der Waals surface area contributed by atoms with Crippen LogP contribution in [-0.4, -0.2) is 41.1 Å². The molecule has 26 heavy (non-hydrogen) atoms. The summed E-state index contributed by atoms with van der Waals surface area (Å²) in [6.07, 6.45) is 0. The molecule has 0 spiro atoms. The van der Waals surface area contributed by atoms with Gasteiger partial charge in [-0.3, -0.25) is 4.90 Å². The van der Waals surface area contributed by atoms with E-state index in [4.69, 9.17) is 35.4 Å². The molecule has 0 aliphatic carbocycles. The highest BCUT2D eigenvalue weighted by molar-refractivity contribution is 7.80. The van der Waals surface area contributed by atoms with Crippen LogP contribution in [0, 0.1) is 0 Å². The van der Waals surface area contributed by atoms with Crippen molar-refractivity contribution in [1.82, 2.24) is 15.1 Å². The van der Waals surface area contributed by atoms with E-state index in [9.17, 15) is 0 Å². The minimum absolute atomic E-state index is 0.198. The minimum atomic E-state index is 0.198. The van der Waals surface area contributed by atoms with Crippen molar-refractivity contribution in [3.8, 4) is 0 Å². The fourth-order valence-corrected chi connectivity index (χ4v) is 3.99. The lowest BCUT2D eigenvalue weighted by Gasteiger charge is -2.37. The van der Waals surface area contributed by atoms with Crippen molar-refractivity contribution in [3.05, 3.63) is 69.7 Å². The van der Waals surface area contributed by atoms with Gasteiger partial charge in [0.05, 0.1) is 6.04 Å². The molecule has 0 aromatic heterocycles. The third-order valence-electron chi connectivity index (χ3n) is 4.74. The molecule has 1 atom stereocenters. The molecule has 2 aromatic rings. The zero-order valence-corrected chi connectivity index (χ0v) is 17.1. The van der Waals surface area contributed by atoms with E-state index in [1.54, 1.807) is 0 Å². The summed E-state index contributed by atoms with van der Waals surface area (Å²) in [4.78, 5) is 4.60. The van der Waals surface area contributed by atoms with Crippen molar-refractivity contribution in [2.75, 3.05) is 26.2 Å². The number of piperazine rings is 1. The number of benzene rings is 2.